The van der Waals surface area contributed by atoms with E-state index in [1.165, 1.54) is 11.3 Å². The molecule has 1 aromatic carbocycles. The maximum absolute atomic E-state index is 13.0. The third-order valence-corrected chi connectivity index (χ3v) is 5.67. The van der Waals surface area contributed by atoms with Gasteiger partial charge in [0.1, 0.15) is 5.92 Å². The summed E-state index contributed by atoms with van der Waals surface area (Å²) in [6, 6.07) is 4.90. The van der Waals surface area contributed by atoms with Crippen LogP contribution in [0.25, 0.3) is 0 Å². The van der Waals surface area contributed by atoms with E-state index in [0.29, 0.717) is 20.7 Å². The van der Waals surface area contributed by atoms with Crippen molar-refractivity contribution in [3.63, 3.8) is 0 Å². The van der Waals surface area contributed by atoms with Crippen molar-refractivity contribution in [2.45, 2.75) is 31.6 Å². The molecule has 2 aromatic rings. The Hall–Kier alpha value is -1.43. The standard InChI is InChI=1S/C17H16Cl2N2O2S/c18-12-6-5-11(9-13(12)19)14(15(22)10-3-1-2-4-10)16(23)21-17-20-7-8-24-17/h5-10,14H,1-4H2,(H,20,21,23). The molecule has 1 aliphatic carbocycles. The molecule has 0 aliphatic heterocycles. The SMILES string of the molecule is O=C(Nc1nccs1)C(C(=O)C1CCCC1)c1ccc(Cl)c(Cl)c1. The first kappa shape index (κ1) is 17.4. The molecule has 0 saturated heterocycles. The van der Waals surface area contributed by atoms with E-state index >= 15 is 0 Å². The number of anilines is 1. The van der Waals surface area contributed by atoms with Crippen LogP contribution < -0.4 is 5.32 Å². The molecular weight excluding hydrogens is 367 g/mol. The Morgan fingerprint density at radius 1 is 1.21 bits per heavy atom. The minimum atomic E-state index is -0.897. The van der Waals surface area contributed by atoms with Crippen LogP contribution in [0.15, 0.2) is 29.8 Å². The zero-order valence-corrected chi connectivity index (χ0v) is 15.1. The van der Waals surface area contributed by atoms with Gasteiger partial charge >= 0.3 is 0 Å². The van der Waals surface area contributed by atoms with Crippen molar-refractivity contribution in [2.75, 3.05) is 5.32 Å². The van der Waals surface area contributed by atoms with E-state index in [0.717, 1.165) is 25.7 Å². The van der Waals surface area contributed by atoms with E-state index in [4.69, 9.17) is 23.2 Å². The third kappa shape index (κ3) is 3.79. The van der Waals surface area contributed by atoms with Crippen molar-refractivity contribution in [3.8, 4) is 0 Å². The normalized spacial score (nSPS) is 16.1. The molecule has 1 fully saturated rings. The summed E-state index contributed by atoms with van der Waals surface area (Å²) in [4.78, 5) is 29.8. The minimum absolute atomic E-state index is 0.0556. The molecule has 1 aliphatic rings. The van der Waals surface area contributed by atoms with E-state index in [-0.39, 0.29) is 17.6 Å². The van der Waals surface area contributed by atoms with Crippen molar-refractivity contribution in [2.24, 2.45) is 5.92 Å². The predicted molar refractivity (Wildman–Crippen MR) is 96.9 cm³/mol. The Morgan fingerprint density at radius 2 is 1.96 bits per heavy atom. The number of aromatic nitrogens is 1. The second kappa shape index (κ2) is 7.64. The van der Waals surface area contributed by atoms with Gasteiger partial charge in [-0.25, -0.2) is 4.98 Å². The highest BCUT2D eigenvalue weighted by atomic mass is 35.5. The van der Waals surface area contributed by atoms with Crippen LogP contribution in [0.2, 0.25) is 10.0 Å². The Bertz CT molecular complexity index is 743. The summed E-state index contributed by atoms with van der Waals surface area (Å²) in [7, 11) is 0. The average molecular weight is 383 g/mol. The topological polar surface area (TPSA) is 59.1 Å². The number of carbonyl (C=O) groups excluding carboxylic acids is 2. The molecule has 1 heterocycles. The molecule has 1 atom stereocenters. The van der Waals surface area contributed by atoms with Gasteiger partial charge in [-0.2, -0.15) is 0 Å². The maximum Gasteiger partial charge on any atom is 0.241 e. The second-order valence-electron chi connectivity index (χ2n) is 5.82. The highest BCUT2D eigenvalue weighted by molar-refractivity contribution is 7.13. The molecule has 1 unspecified atom stereocenters. The molecular formula is C17H16Cl2N2O2S. The summed E-state index contributed by atoms with van der Waals surface area (Å²) in [6.07, 6.45) is 5.33. The van der Waals surface area contributed by atoms with Crippen molar-refractivity contribution < 1.29 is 9.59 Å². The van der Waals surface area contributed by atoms with E-state index in [1.807, 2.05) is 0 Å². The number of carbonyl (C=O) groups is 2. The highest BCUT2D eigenvalue weighted by Gasteiger charge is 2.35. The fourth-order valence-corrected chi connectivity index (χ4v) is 3.88. The number of Topliss-reactive ketones (excluding diaryl/α,β-unsaturated/α-hetero) is 1. The number of benzene rings is 1. The number of nitrogens with one attached hydrogen (secondary N) is 1. The summed E-state index contributed by atoms with van der Waals surface area (Å²) in [6.45, 7) is 0. The van der Waals surface area contributed by atoms with Crippen LogP contribution in [0.5, 0.6) is 0 Å². The zero-order valence-electron chi connectivity index (χ0n) is 12.8. The number of amides is 1. The van der Waals surface area contributed by atoms with Crippen molar-refractivity contribution in [3.05, 3.63) is 45.4 Å². The van der Waals surface area contributed by atoms with E-state index in [9.17, 15) is 9.59 Å². The second-order valence-corrected chi connectivity index (χ2v) is 7.53. The van der Waals surface area contributed by atoms with Gasteiger partial charge in [0.15, 0.2) is 10.9 Å². The van der Waals surface area contributed by atoms with Gasteiger partial charge in [0.05, 0.1) is 10.0 Å². The van der Waals surface area contributed by atoms with Crippen LogP contribution in [0.1, 0.15) is 37.2 Å². The first-order valence-electron chi connectivity index (χ1n) is 7.75. The molecule has 1 saturated carbocycles. The van der Waals surface area contributed by atoms with Crippen molar-refractivity contribution in [1.29, 1.82) is 0 Å². The Kier molecular flexibility index (Phi) is 5.54. The van der Waals surface area contributed by atoms with Crippen LogP contribution in [0.3, 0.4) is 0 Å². The Balaban J connectivity index is 1.91. The van der Waals surface area contributed by atoms with Crippen LogP contribution >= 0.6 is 34.5 Å². The molecule has 1 amide bonds. The monoisotopic (exact) mass is 382 g/mol. The molecule has 126 valence electrons. The smallest absolute Gasteiger partial charge is 0.241 e. The summed E-state index contributed by atoms with van der Waals surface area (Å²) in [5.74, 6) is -1.40. The van der Waals surface area contributed by atoms with Crippen molar-refractivity contribution in [1.82, 2.24) is 4.98 Å². The first-order chi connectivity index (χ1) is 11.6. The quantitative estimate of drug-likeness (QED) is 0.745. The maximum atomic E-state index is 13.0. The van der Waals surface area contributed by atoms with Crippen molar-refractivity contribution >= 4 is 51.4 Å². The van der Waals surface area contributed by atoms with Gasteiger partial charge in [-0.15, -0.1) is 11.3 Å². The molecule has 0 spiro atoms. The van der Waals surface area contributed by atoms with Gasteiger partial charge in [0.25, 0.3) is 0 Å². The zero-order chi connectivity index (χ0) is 17.1. The van der Waals surface area contributed by atoms with Crippen LogP contribution in [-0.4, -0.2) is 16.7 Å². The van der Waals surface area contributed by atoms with E-state index in [1.54, 1.807) is 29.8 Å². The highest BCUT2D eigenvalue weighted by Crippen LogP contribution is 2.34. The lowest BCUT2D eigenvalue weighted by molar-refractivity contribution is -0.130. The lowest BCUT2D eigenvalue weighted by Gasteiger charge is -2.19. The molecule has 0 bridgehead atoms. The molecule has 1 N–H and O–H groups in total. The molecule has 24 heavy (non-hydrogen) atoms. The third-order valence-electron chi connectivity index (χ3n) is 4.24. The minimum Gasteiger partial charge on any atom is -0.301 e. The van der Waals surface area contributed by atoms with Crippen LogP contribution in [0.4, 0.5) is 5.13 Å². The number of ketones is 1. The van der Waals surface area contributed by atoms with Gasteiger partial charge in [0.2, 0.25) is 5.91 Å². The Morgan fingerprint density at radius 3 is 2.58 bits per heavy atom. The number of halogens is 2. The van der Waals surface area contributed by atoms with Gasteiger partial charge in [-0.3, -0.25) is 9.59 Å². The molecule has 1 aromatic heterocycles. The van der Waals surface area contributed by atoms with Gasteiger partial charge in [-0.1, -0.05) is 42.1 Å². The van der Waals surface area contributed by atoms with E-state index < -0.39 is 5.92 Å². The molecule has 3 rings (SSSR count). The van der Waals surface area contributed by atoms with Gasteiger partial charge < -0.3 is 5.32 Å². The van der Waals surface area contributed by atoms with E-state index in [2.05, 4.69) is 10.3 Å². The fourth-order valence-electron chi connectivity index (χ4n) is 3.05. The van der Waals surface area contributed by atoms with Crippen LogP contribution in [0, 0.1) is 5.92 Å². The largest absolute Gasteiger partial charge is 0.301 e. The fraction of sp³-hybridized carbons (Fsp3) is 0.353. The summed E-state index contributed by atoms with van der Waals surface area (Å²) in [5, 5.41) is 5.70. The molecule has 4 nitrogen and oxygen atoms in total. The first-order valence-corrected chi connectivity index (χ1v) is 9.39. The van der Waals surface area contributed by atoms with Gasteiger partial charge in [0, 0.05) is 17.5 Å². The van der Waals surface area contributed by atoms with Crippen LogP contribution in [-0.2, 0) is 9.59 Å². The lowest BCUT2D eigenvalue weighted by atomic mass is 9.86. The predicted octanol–water partition coefficient (Wildman–Crippen LogP) is 4.93. The number of thiazole rings is 1. The number of hydrogen-bond donors (Lipinski definition) is 1. The Labute approximate surface area is 154 Å². The number of hydrogen-bond acceptors (Lipinski definition) is 4. The summed E-state index contributed by atoms with van der Waals surface area (Å²) >= 11 is 13.4. The number of rotatable bonds is 5. The average Bonchev–Trinajstić information content (AvgIpc) is 3.24. The number of nitrogens with zero attached hydrogens (tertiary/aromatic N) is 1. The summed E-state index contributed by atoms with van der Waals surface area (Å²) in [5.41, 5.74) is 0.565. The molecule has 7 heteroatoms. The van der Waals surface area contributed by atoms with Gasteiger partial charge in [-0.05, 0) is 30.5 Å². The lowest BCUT2D eigenvalue weighted by Crippen LogP contribution is -2.31. The molecule has 0 radical (unpaired) electrons. The summed E-state index contributed by atoms with van der Waals surface area (Å²) < 4.78 is 0.